The van der Waals surface area contributed by atoms with Crippen molar-refractivity contribution in [3.63, 3.8) is 0 Å². The second kappa shape index (κ2) is 5.63. The molecule has 0 amide bonds. The molecule has 0 saturated heterocycles. The van der Waals surface area contributed by atoms with Crippen molar-refractivity contribution in [2.75, 3.05) is 0 Å². The number of thiazole rings is 1. The third kappa shape index (κ3) is 3.80. The highest BCUT2D eigenvalue weighted by atomic mass is 35.5. The van der Waals surface area contributed by atoms with Crippen LogP contribution in [0.15, 0.2) is 29.6 Å². The van der Waals surface area contributed by atoms with E-state index in [0.29, 0.717) is 0 Å². The maximum Gasteiger partial charge on any atom is 0.0943 e. The lowest BCUT2D eigenvalue weighted by Gasteiger charge is -2.09. The first kappa shape index (κ1) is 12.6. The normalized spacial score (nSPS) is 12.6. The number of halogens is 1. The Kier molecular flexibility index (Phi) is 4.15. The molecule has 0 aliphatic rings. The molecule has 90 valence electrons. The summed E-state index contributed by atoms with van der Waals surface area (Å²) >= 11 is 7.52. The van der Waals surface area contributed by atoms with Crippen LogP contribution < -0.4 is 5.73 Å². The Morgan fingerprint density at radius 2 is 2.00 bits per heavy atom. The Morgan fingerprint density at radius 1 is 1.29 bits per heavy atom. The Hall–Kier alpha value is -0.900. The van der Waals surface area contributed by atoms with Crippen LogP contribution >= 0.6 is 22.9 Å². The van der Waals surface area contributed by atoms with Crippen molar-refractivity contribution < 1.29 is 0 Å². The molecular formula is C13H15ClN2S. The van der Waals surface area contributed by atoms with E-state index in [0.717, 1.165) is 28.6 Å². The molecule has 2 N–H and O–H groups in total. The van der Waals surface area contributed by atoms with Gasteiger partial charge >= 0.3 is 0 Å². The van der Waals surface area contributed by atoms with Gasteiger partial charge in [-0.1, -0.05) is 23.7 Å². The topological polar surface area (TPSA) is 38.9 Å². The van der Waals surface area contributed by atoms with Crippen molar-refractivity contribution in [2.45, 2.75) is 25.8 Å². The van der Waals surface area contributed by atoms with Crippen molar-refractivity contribution in [1.82, 2.24) is 4.98 Å². The highest BCUT2D eigenvalue weighted by molar-refractivity contribution is 7.09. The lowest BCUT2D eigenvalue weighted by molar-refractivity contribution is 0.661. The monoisotopic (exact) mass is 266 g/mol. The van der Waals surface area contributed by atoms with Gasteiger partial charge in [-0.3, -0.25) is 0 Å². The average Bonchev–Trinajstić information content (AvgIpc) is 2.67. The van der Waals surface area contributed by atoms with Crippen molar-refractivity contribution in [3.05, 3.63) is 50.9 Å². The number of hydrogen-bond donors (Lipinski definition) is 1. The van der Waals surface area contributed by atoms with Gasteiger partial charge in [0.2, 0.25) is 0 Å². The van der Waals surface area contributed by atoms with Crippen LogP contribution in [0.1, 0.15) is 16.3 Å². The van der Waals surface area contributed by atoms with E-state index in [1.54, 1.807) is 11.3 Å². The molecule has 0 bridgehead atoms. The van der Waals surface area contributed by atoms with E-state index < -0.39 is 0 Å². The van der Waals surface area contributed by atoms with Crippen LogP contribution in [0.3, 0.4) is 0 Å². The summed E-state index contributed by atoms with van der Waals surface area (Å²) in [4.78, 5) is 4.42. The van der Waals surface area contributed by atoms with E-state index in [2.05, 4.69) is 10.4 Å². The van der Waals surface area contributed by atoms with E-state index in [4.69, 9.17) is 17.3 Å². The van der Waals surface area contributed by atoms with Gasteiger partial charge in [0.15, 0.2) is 0 Å². The fourth-order valence-corrected chi connectivity index (χ4v) is 2.71. The fraction of sp³-hybridized carbons (Fsp3) is 0.308. The van der Waals surface area contributed by atoms with Gasteiger partial charge in [-0.2, -0.15) is 0 Å². The Bertz CT molecular complexity index is 478. The van der Waals surface area contributed by atoms with E-state index in [1.807, 2.05) is 31.2 Å². The van der Waals surface area contributed by atoms with Gasteiger partial charge in [0.25, 0.3) is 0 Å². The molecule has 1 unspecified atom stereocenters. The molecule has 1 atom stereocenters. The van der Waals surface area contributed by atoms with E-state index >= 15 is 0 Å². The maximum absolute atomic E-state index is 6.12. The SMILES string of the molecule is Cc1csc(CC(N)Cc2ccc(Cl)cc2)n1. The minimum atomic E-state index is 0.113. The summed E-state index contributed by atoms with van der Waals surface area (Å²) in [6.07, 6.45) is 1.69. The first-order valence-electron chi connectivity index (χ1n) is 5.54. The molecule has 0 saturated carbocycles. The molecule has 17 heavy (non-hydrogen) atoms. The van der Waals surface area contributed by atoms with Gasteiger partial charge in [0, 0.05) is 28.6 Å². The number of benzene rings is 1. The Morgan fingerprint density at radius 3 is 2.59 bits per heavy atom. The van der Waals surface area contributed by atoms with Gasteiger partial charge in [-0.25, -0.2) is 4.98 Å². The van der Waals surface area contributed by atoms with Crippen LogP contribution in [0.2, 0.25) is 5.02 Å². The predicted octanol–water partition coefficient (Wildman–Crippen LogP) is 3.22. The molecule has 2 aromatic rings. The third-order valence-electron chi connectivity index (χ3n) is 2.51. The fourth-order valence-electron chi connectivity index (χ4n) is 1.72. The van der Waals surface area contributed by atoms with Crippen molar-refractivity contribution in [1.29, 1.82) is 0 Å². The van der Waals surface area contributed by atoms with Gasteiger partial charge in [-0.15, -0.1) is 11.3 Å². The smallest absolute Gasteiger partial charge is 0.0943 e. The summed E-state index contributed by atoms with van der Waals surface area (Å²) in [6.45, 7) is 2.00. The first-order chi connectivity index (χ1) is 8.13. The minimum absolute atomic E-state index is 0.113. The molecule has 2 nitrogen and oxygen atoms in total. The van der Waals surface area contributed by atoms with Gasteiger partial charge in [-0.05, 0) is 31.0 Å². The largest absolute Gasteiger partial charge is 0.327 e. The van der Waals surface area contributed by atoms with E-state index in [9.17, 15) is 0 Å². The number of nitrogens with zero attached hydrogens (tertiary/aromatic N) is 1. The highest BCUT2D eigenvalue weighted by Crippen LogP contribution is 2.14. The van der Waals surface area contributed by atoms with Gasteiger partial charge < -0.3 is 5.73 Å². The van der Waals surface area contributed by atoms with Gasteiger partial charge in [0.1, 0.15) is 0 Å². The maximum atomic E-state index is 6.12. The molecule has 4 heteroatoms. The summed E-state index contributed by atoms with van der Waals surface area (Å²) in [5, 5.41) is 3.94. The molecule has 0 aliphatic carbocycles. The number of nitrogens with two attached hydrogens (primary N) is 1. The summed E-state index contributed by atoms with van der Waals surface area (Å²) in [7, 11) is 0. The number of aromatic nitrogens is 1. The average molecular weight is 267 g/mol. The molecule has 0 aliphatic heterocycles. The molecule has 1 heterocycles. The second-order valence-corrected chi connectivity index (χ2v) is 5.56. The molecule has 1 aromatic carbocycles. The predicted molar refractivity (Wildman–Crippen MR) is 73.7 cm³/mol. The lowest BCUT2D eigenvalue weighted by Crippen LogP contribution is -2.25. The van der Waals surface area contributed by atoms with Crippen LogP contribution in [0.4, 0.5) is 0 Å². The zero-order valence-electron chi connectivity index (χ0n) is 9.69. The second-order valence-electron chi connectivity index (χ2n) is 4.18. The van der Waals surface area contributed by atoms with Crippen LogP contribution in [-0.2, 0) is 12.8 Å². The summed E-state index contributed by atoms with van der Waals surface area (Å²) in [6, 6.07) is 7.96. The summed E-state index contributed by atoms with van der Waals surface area (Å²) < 4.78 is 0. The summed E-state index contributed by atoms with van der Waals surface area (Å²) in [5.41, 5.74) is 8.41. The zero-order chi connectivity index (χ0) is 12.3. The van der Waals surface area contributed by atoms with Crippen molar-refractivity contribution in [2.24, 2.45) is 5.73 Å². The quantitative estimate of drug-likeness (QED) is 0.923. The standard InChI is InChI=1S/C13H15ClN2S/c1-9-8-17-13(16-9)7-12(15)6-10-2-4-11(14)5-3-10/h2-5,8,12H,6-7,15H2,1H3. The molecule has 1 aromatic heterocycles. The Labute approximate surface area is 110 Å². The number of hydrogen-bond acceptors (Lipinski definition) is 3. The number of rotatable bonds is 4. The van der Waals surface area contributed by atoms with E-state index in [-0.39, 0.29) is 6.04 Å². The molecule has 0 radical (unpaired) electrons. The van der Waals surface area contributed by atoms with Crippen LogP contribution in [0, 0.1) is 6.92 Å². The van der Waals surface area contributed by atoms with E-state index in [1.165, 1.54) is 5.56 Å². The van der Waals surface area contributed by atoms with Crippen LogP contribution in [-0.4, -0.2) is 11.0 Å². The molecule has 0 fully saturated rings. The van der Waals surface area contributed by atoms with Crippen LogP contribution in [0.25, 0.3) is 0 Å². The van der Waals surface area contributed by atoms with Crippen LogP contribution in [0.5, 0.6) is 0 Å². The molecular weight excluding hydrogens is 252 g/mol. The van der Waals surface area contributed by atoms with Crippen molar-refractivity contribution in [3.8, 4) is 0 Å². The van der Waals surface area contributed by atoms with Crippen molar-refractivity contribution >= 4 is 22.9 Å². The molecule has 0 spiro atoms. The highest BCUT2D eigenvalue weighted by Gasteiger charge is 2.08. The third-order valence-corrected chi connectivity index (χ3v) is 3.76. The summed E-state index contributed by atoms with van der Waals surface area (Å²) in [5.74, 6) is 0. The minimum Gasteiger partial charge on any atom is -0.327 e. The van der Waals surface area contributed by atoms with Gasteiger partial charge in [0.05, 0.1) is 5.01 Å². The molecule has 2 rings (SSSR count). The Balaban J connectivity index is 1.93. The zero-order valence-corrected chi connectivity index (χ0v) is 11.3. The lowest BCUT2D eigenvalue weighted by atomic mass is 10.0. The number of aryl methyl sites for hydroxylation is 1. The first-order valence-corrected chi connectivity index (χ1v) is 6.80.